The quantitative estimate of drug-likeness (QED) is 0.716. The van der Waals surface area contributed by atoms with Crippen molar-refractivity contribution in [2.45, 2.75) is 26.7 Å². The van der Waals surface area contributed by atoms with Crippen LogP contribution in [-0.2, 0) is 9.59 Å². The van der Waals surface area contributed by atoms with Crippen molar-refractivity contribution in [3.8, 4) is 6.07 Å². The molecule has 0 aromatic rings. The largest absolute Gasteiger partial charge is 0.346 e. The van der Waals surface area contributed by atoms with E-state index in [1.54, 1.807) is 7.05 Å². The number of hydrogen-bond acceptors (Lipinski definition) is 3. The highest BCUT2D eigenvalue weighted by molar-refractivity contribution is 5.86. The van der Waals surface area contributed by atoms with Crippen LogP contribution in [0.3, 0.4) is 0 Å². The van der Waals surface area contributed by atoms with Crippen molar-refractivity contribution < 1.29 is 9.59 Å². The normalized spacial score (nSPS) is 11.4. The summed E-state index contributed by atoms with van der Waals surface area (Å²) >= 11 is 0. The van der Waals surface area contributed by atoms with Crippen molar-refractivity contribution in [2.75, 3.05) is 20.1 Å². The first-order chi connectivity index (χ1) is 7.56. The van der Waals surface area contributed by atoms with Crippen LogP contribution in [0, 0.1) is 17.2 Å². The predicted octanol–water partition coefficient (Wildman–Crippen LogP) is 0.521. The summed E-state index contributed by atoms with van der Waals surface area (Å²) in [5, 5.41) is 11.2. The third-order valence-electron chi connectivity index (χ3n) is 2.36. The fourth-order valence-electron chi connectivity index (χ4n) is 1.14. The van der Waals surface area contributed by atoms with E-state index in [0.717, 1.165) is 6.42 Å². The summed E-state index contributed by atoms with van der Waals surface area (Å²) in [6.45, 7) is 4.33. The van der Waals surface area contributed by atoms with E-state index in [-0.39, 0.29) is 18.4 Å². The van der Waals surface area contributed by atoms with Crippen LogP contribution in [0.15, 0.2) is 0 Å². The zero-order valence-corrected chi connectivity index (χ0v) is 10.1. The third kappa shape index (κ3) is 4.78. The van der Waals surface area contributed by atoms with Gasteiger partial charge in [-0.3, -0.25) is 9.59 Å². The van der Waals surface area contributed by atoms with Crippen LogP contribution in [0.4, 0.5) is 0 Å². The molecule has 0 aromatic heterocycles. The van der Waals surface area contributed by atoms with Gasteiger partial charge in [0.1, 0.15) is 5.92 Å². The van der Waals surface area contributed by atoms with Gasteiger partial charge in [-0.25, -0.2) is 0 Å². The van der Waals surface area contributed by atoms with E-state index < -0.39 is 5.92 Å². The lowest BCUT2D eigenvalue weighted by molar-refractivity contribution is -0.132. The molecular weight excluding hydrogens is 206 g/mol. The Morgan fingerprint density at radius 3 is 2.50 bits per heavy atom. The van der Waals surface area contributed by atoms with Crippen LogP contribution >= 0.6 is 0 Å². The average Bonchev–Trinajstić information content (AvgIpc) is 2.31. The number of carbonyl (C=O) groups excluding carboxylic acids is 2. The van der Waals surface area contributed by atoms with Crippen molar-refractivity contribution in [2.24, 2.45) is 5.92 Å². The summed E-state index contributed by atoms with van der Waals surface area (Å²) < 4.78 is 0. The van der Waals surface area contributed by atoms with Gasteiger partial charge in [0.05, 0.1) is 12.6 Å². The van der Waals surface area contributed by atoms with Gasteiger partial charge in [0.15, 0.2) is 0 Å². The number of nitrogens with zero attached hydrogens (tertiary/aromatic N) is 2. The summed E-state index contributed by atoms with van der Waals surface area (Å²) in [5.74, 6) is -1.16. The van der Waals surface area contributed by atoms with E-state index in [9.17, 15) is 9.59 Å². The van der Waals surface area contributed by atoms with Crippen molar-refractivity contribution in [1.82, 2.24) is 10.2 Å². The summed E-state index contributed by atoms with van der Waals surface area (Å²) in [6, 6.07) is 1.93. The first-order valence-electron chi connectivity index (χ1n) is 5.48. The maximum atomic E-state index is 11.5. The Kier molecular flexibility index (Phi) is 6.93. The van der Waals surface area contributed by atoms with E-state index in [1.165, 1.54) is 4.90 Å². The molecule has 0 radical (unpaired) electrons. The van der Waals surface area contributed by atoms with Gasteiger partial charge < -0.3 is 10.2 Å². The van der Waals surface area contributed by atoms with Crippen molar-refractivity contribution in [3.05, 3.63) is 0 Å². The second-order valence-electron chi connectivity index (χ2n) is 3.60. The molecule has 90 valence electrons. The van der Waals surface area contributed by atoms with Crippen LogP contribution in [0.1, 0.15) is 26.7 Å². The Morgan fingerprint density at radius 1 is 1.44 bits per heavy atom. The van der Waals surface area contributed by atoms with Gasteiger partial charge in [0.2, 0.25) is 11.8 Å². The van der Waals surface area contributed by atoms with Crippen LogP contribution in [0.2, 0.25) is 0 Å². The number of hydrogen-bond donors (Lipinski definition) is 1. The molecule has 0 saturated carbocycles. The molecule has 0 aliphatic rings. The molecule has 0 fully saturated rings. The zero-order valence-electron chi connectivity index (χ0n) is 10.1. The van der Waals surface area contributed by atoms with Gasteiger partial charge in [0.25, 0.3) is 0 Å². The van der Waals surface area contributed by atoms with Crippen LogP contribution in [-0.4, -0.2) is 36.9 Å². The zero-order chi connectivity index (χ0) is 12.6. The molecule has 1 unspecified atom stereocenters. The molecule has 0 rings (SSSR count). The van der Waals surface area contributed by atoms with Gasteiger partial charge >= 0.3 is 0 Å². The minimum Gasteiger partial charge on any atom is -0.346 e. The number of amides is 2. The molecule has 0 aromatic carbocycles. The number of nitrogens with one attached hydrogen (secondary N) is 1. The standard InChI is InChI=1S/C11H19N3O2/c1-4-6-9(7-12)11(16)13-8-10(15)14(3)5-2/h9H,4-6,8H2,1-3H3,(H,13,16). The number of likely N-dealkylation sites (N-methyl/N-ethyl adjacent to an activating group) is 1. The molecule has 0 saturated heterocycles. The van der Waals surface area contributed by atoms with E-state index >= 15 is 0 Å². The second kappa shape index (κ2) is 7.69. The summed E-state index contributed by atoms with van der Waals surface area (Å²) in [4.78, 5) is 24.4. The Balaban J connectivity index is 4.06. The lowest BCUT2D eigenvalue weighted by Gasteiger charge is -2.15. The SMILES string of the molecule is CCCC(C#N)C(=O)NCC(=O)N(C)CC. The highest BCUT2D eigenvalue weighted by atomic mass is 16.2. The van der Waals surface area contributed by atoms with E-state index in [4.69, 9.17) is 5.26 Å². The topological polar surface area (TPSA) is 73.2 Å². The van der Waals surface area contributed by atoms with E-state index in [1.807, 2.05) is 19.9 Å². The van der Waals surface area contributed by atoms with Crippen LogP contribution in [0.25, 0.3) is 0 Å². The second-order valence-corrected chi connectivity index (χ2v) is 3.60. The molecule has 2 amide bonds. The molecule has 0 aliphatic heterocycles. The monoisotopic (exact) mass is 225 g/mol. The van der Waals surface area contributed by atoms with Gasteiger partial charge in [-0.05, 0) is 13.3 Å². The lowest BCUT2D eigenvalue weighted by Crippen LogP contribution is -2.40. The van der Waals surface area contributed by atoms with Gasteiger partial charge in [-0.2, -0.15) is 5.26 Å². The molecule has 5 nitrogen and oxygen atoms in total. The average molecular weight is 225 g/mol. The van der Waals surface area contributed by atoms with E-state index in [0.29, 0.717) is 13.0 Å². The minimum atomic E-state index is -0.648. The smallest absolute Gasteiger partial charge is 0.241 e. The lowest BCUT2D eigenvalue weighted by atomic mass is 10.1. The number of carbonyl (C=O) groups is 2. The molecule has 1 atom stereocenters. The first-order valence-corrected chi connectivity index (χ1v) is 5.48. The molecule has 0 aliphatic carbocycles. The Hall–Kier alpha value is -1.57. The van der Waals surface area contributed by atoms with Gasteiger partial charge in [-0.1, -0.05) is 13.3 Å². The molecule has 16 heavy (non-hydrogen) atoms. The summed E-state index contributed by atoms with van der Waals surface area (Å²) in [5.41, 5.74) is 0. The number of rotatable bonds is 6. The minimum absolute atomic E-state index is 0.0366. The molecule has 0 heterocycles. The fraction of sp³-hybridized carbons (Fsp3) is 0.727. The van der Waals surface area contributed by atoms with Crippen molar-refractivity contribution in [3.63, 3.8) is 0 Å². The summed E-state index contributed by atoms with van der Waals surface area (Å²) in [6.07, 6.45) is 1.30. The van der Waals surface area contributed by atoms with Crippen LogP contribution in [0.5, 0.6) is 0 Å². The molecule has 0 bridgehead atoms. The van der Waals surface area contributed by atoms with Gasteiger partial charge in [0, 0.05) is 13.6 Å². The van der Waals surface area contributed by atoms with Crippen molar-refractivity contribution >= 4 is 11.8 Å². The van der Waals surface area contributed by atoms with Gasteiger partial charge in [-0.15, -0.1) is 0 Å². The maximum absolute atomic E-state index is 11.5. The predicted molar refractivity (Wildman–Crippen MR) is 60.3 cm³/mol. The third-order valence-corrected chi connectivity index (χ3v) is 2.36. The summed E-state index contributed by atoms with van der Waals surface area (Å²) in [7, 11) is 1.67. The van der Waals surface area contributed by atoms with Crippen molar-refractivity contribution in [1.29, 1.82) is 5.26 Å². The molecule has 5 heteroatoms. The first kappa shape index (κ1) is 14.4. The Bertz CT molecular complexity index is 283. The molecular formula is C11H19N3O2. The Labute approximate surface area is 96.4 Å². The highest BCUT2D eigenvalue weighted by Gasteiger charge is 2.17. The van der Waals surface area contributed by atoms with Crippen LogP contribution < -0.4 is 5.32 Å². The number of nitriles is 1. The van der Waals surface area contributed by atoms with E-state index in [2.05, 4.69) is 5.32 Å². The fourth-order valence-corrected chi connectivity index (χ4v) is 1.14. The Morgan fingerprint density at radius 2 is 2.06 bits per heavy atom. The molecule has 1 N–H and O–H groups in total. The molecule has 0 spiro atoms. The highest BCUT2D eigenvalue weighted by Crippen LogP contribution is 2.04. The maximum Gasteiger partial charge on any atom is 0.241 e.